The number of carbonyl (C=O) groups excluding carboxylic acids is 2. The maximum atomic E-state index is 12.5. The molecule has 1 saturated carbocycles. The van der Waals surface area contributed by atoms with Gasteiger partial charge in [0, 0.05) is 24.0 Å². The number of nitrogens with one attached hydrogen (secondary N) is 2. The van der Waals surface area contributed by atoms with Gasteiger partial charge in [-0.05, 0) is 49.1 Å². The van der Waals surface area contributed by atoms with Crippen molar-refractivity contribution in [1.82, 2.24) is 5.32 Å². The van der Waals surface area contributed by atoms with E-state index in [1.165, 1.54) is 6.26 Å². The minimum absolute atomic E-state index is 0.159. The summed E-state index contributed by atoms with van der Waals surface area (Å²) >= 11 is 0. The SMILES string of the molecule is O=C(Nc1ccc2c(c1)N(C(=O)c1ccco1)CC2)NC1CC1. The standard InChI is InChI=1S/C17H17N3O3/c21-16(15-2-1-9-23-15)20-8-7-11-3-4-13(10-14(11)20)19-17(22)18-12-5-6-12/h1-4,9-10,12H,5-8H2,(H2,18,19,22). The van der Waals surface area contributed by atoms with Crippen molar-refractivity contribution in [2.24, 2.45) is 0 Å². The van der Waals surface area contributed by atoms with Gasteiger partial charge in [-0.3, -0.25) is 4.79 Å². The van der Waals surface area contributed by atoms with Crippen molar-refractivity contribution < 1.29 is 14.0 Å². The molecule has 0 atom stereocenters. The average Bonchev–Trinajstić information content (AvgIpc) is 3.05. The first-order valence-electron chi connectivity index (χ1n) is 7.76. The molecule has 2 aromatic rings. The molecule has 0 bridgehead atoms. The summed E-state index contributed by atoms with van der Waals surface area (Å²) in [6, 6.07) is 9.13. The van der Waals surface area contributed by atoms with Gasteiger partial charge in [0.15, 0.2) is 5.76 Å². The zero-order chi connectivity index (χ0) is 15.8. The van der Waals surface area contributed by atoms with Gasteiger partial charge in [-0.1, -0.05) is 6.07 Å². The van der Waals surface area contributed by atoms with Crippen molar-refractivity contribution in [2.45, 2.75) is 25.3 Å². The second-order valence-corrected chi connectivity index (χ2v) is 5.90. The maximum Gasteiger partial charge on any atom is 0.319 e. The number of hydrogen-bond donors (Lipinski definition) is 2. The molecule has 6 heteroatoms. The molecule has 1 fully saturated rings. The predicted molar refractivity (Wildman–Crippen MR) is 85.7 cm³/mol. The Kier molecular flexibility index (Phi) is 3.29. The van der Waals surface area contributed by atoms with Gasteiger partial charge < -0.3 is 20.0 Å². The van der Waals surface area contributed by atoms with Crippen molar-refractivity contribution in [3.8, 4) is 0 Å². The Hall–Kier alpha value is -2.76. The Bertz CT molecular complexity index is 750. The van der Waals surface area contributed by atoms with Gasteiger partial charge in [0.05, 0.1) is 6.26 Å². The summed E-state index contributed by atoms with van der Waals surface area (Å²) in [6.45, 7) is 0.618. The fourth-order valence-electron chi connectivity index (χ4n) is 2.78. The Morgan fingerprint density at radius 1 is 1.22 bits per heavy atom. The highest BCUT2D eigenvalue weighted by atomic mass is 16.3. The summed E-state index contributed by atoms with van der Waals surface area (Å²) in [5, 5.41) is 5.71. The van der Waals surface area contributed by atoms with Gasteiger partial charge in [0.25, 0.3) is 5.91 Å². The van der Waals surface area contributed by atoms with E-state index in [2.05, 4.69) is 10.6 Å². The molecular formula is C17H17N3O3. The molecule has 23 heavy (non-hydrogen) atoms. The monoisotopic (exact) mass is 311 g/mol. The van der Waals surface area contributed by atoms with Gasteiger partial charge in [0.1, 0.15) is 0 Å². The number of fused-ring (bicyclic) bond motifs is 1. The second kappa shape index (κ2) is 5.46. The van der Waals surface area contributed by atoms with E-state index in [9.17, 15) is 9.59 Å². The maximum absolute atomic E-state index is 12.5. The minimum Gasteiger partial charge on any atom is -0.459 e. The topological polar surface area (TPSA) is 74.6 Å². The van der Waals surface area contributed by atoms with E-state index in [1.807, 2.05) is 18.2 Å². The van der Waals surface area contributed by atoms with Crippen molar-refractivity contribution in [3.63, 3.8) is 0 Å². The Labute approximate surface area is 133 Å². The second-order valence-electron chi connectivity index (χ2n) is 5.90. The van der Waals surface area contributed by atoms with Crippen LogP contribution in [0.15, 0.2) is 41.0 Å². The number of urea groups is 1. The van der Waals surface area contributed by atoms with Crippen molar-refractivity contribution in [1.29, 1.82) is 0 Å². The smallest absolute Gasteiger partial charge is 0.319 e. The number of anilines is 2. The lowest BCUT2D eigenvalue weighted by atomic mass is 10.1. The van der Waals surface area contributed by atoms with E-state index in [-0.39, 0.29) is 11.9 Å². The molecule has 4 rings (SSSR count). The number of rotatable bonds is 3. The molecule has 3 amide bonds. The van der Waals surface area contributed by atoms with Crippen LogP contribution in [0.25, 0.3) is 0 Å². The first kappa shape index (κ1) is 13.9. The lowest BCUT2D eigenvalue weighted by Crippen LogP contribution is -2.31. The highest BCUT2D eigenvalue weighted by Crippen LogP contribution is 2.32. The molecule has 6 nitrogen and oxygen atoms in total. The van der Waals surface area contributed by atoms with Crippen LogP contribution in [0.5, 0.6) is 0 Å². The fourth-order valence-corrected chi connectivity index (χ4v) is 2.78. The molecule has 1 aliphatic heterocycles. The van der Waals surface area contributed by atoms with Crippen molar-refractivity contribution >= 4 is 23.3 Å². The lowest BCUT2D eigenvalue weighted by molar-refractivity contribution is 0.0963. The van der Waals surface area contributed by atoms with Crippen LogP contribution in [0.4, 0.5) is 16.2 Å². The number of nitrogens with zero attached hydrogens (tertiary/aromatic N) is 1. The third kappa shape index (κ3) is 2.79. The van der Waals surface area contributed by atoms with E-state index >= 15 is 0 Å². The molecule has 0 radical (unpaired) electrons. The molecule has 1 aliphatic carbocycles. The van der Waals surface area contributed by atoms with Crippen LogP contribution in [0.1, 0.15) is 29.0 Å². The Morgan fingerprint density at radius 3 is 2.83 bits per heavy atom. The third-order valence-electron chi connectivity index (χ3n) is 4.13. The number of benzene rings is 1. The largest absolute Gasteiger partial charge is 0.459 e. The molecule has 0 spiro atoms. The van der Waals surface area contributed by atoms with Crippen LogP contribution in [0, 0.1) is 0 Å². The van der Waals surface area contributed by atoms with Crippen molar-refractivity contribution in [2.75, 3.05) is 16.8 Å². The summed E-state index contributed by atoms with van der Waals surface area (Å²) in [5.74, 6) is 0.163. The van der Waals surface area contributed by atoms with Gasteiger partial charge in [0.2, 0.25) is 0 Å². The zero-order valence-electron chi connectivity index (χ0n) is 12.5. The molecule has 1 aromatic heterocycles. The van der Waals surface area contributed by atoms with Crippen LogP contribution in [0.2, 0.25) is 0 Å². The fraction of sp³-hybridized carbons (Fsp3) is 0.294. The summed E-state index contributed by atoms with van der Waals surface area (Å²) in [4.78, 5) is 26.0. The quantitative estimate of drug-likeness (QED) is 0.915. The normalized spacial score (nSPS) is 16.1. The molecule has 1 aromatic carbocycles. The Morgan fingerprint density at radius 2 is 2.09 bits per heavy atom. The summed E-state index contributed by atoms with van der Waals surface area (Å²) in [6.07, 6.45) is 4.38. The van der Waals surface area contributed by atoms with Crippen LogP contribution in [-0.2, 0) is 6.42 Å². The predicted octanol–water partition coefficient (Wildman–Crippen LogP) is 2.77. The summed E-state index contributed by atoms with van der Waals surface area (Å²) in [7, 11) is 0. The highest BCUT2D eigenvalue weighted by molar-refractivity contribution is 6.06. The van der Waals surface area contributed by atoms with Gasteiger partial charge in [-0.2, -0.15) is 0 Å². The van der Waals surface area contributed by atoms with Crippen LogP contribution in [0.3, 0.4) is 0 Å². The van der Waals surface area contributed by atoms with E-state index in [4.69, 9.17) is 4.42 Å². The Balaban J connectivity index is 1.53. The van der Waals surface area contributed by atoms with Crippen LogP contribution in [-0.4, -0.2) is 24.5 Å². The van der Waals surface area contributed by atoms with Crippen molar-refractivity contribution in [3.05, 3.63) is 47.9 Å². The van der Waals surface area contributed by atoms with E-state index in [1.54, 1.807) is 17.0 Å². The number of carbonyl (C=O) groups is 2. The number of amides is 3. The number of hydrogen-bond acceptors (Lipinski definition) is 3. The molecule has 0 unspecified atom stereocenters. The first-order chi connectivity index (χ1) is 11.2. The summed E-state index contributed by atoms with van der Waals surface area (Å²) in [5.41, 5.74) is 2.61. The molecule has 2 N–H and O–H groups in total. The first-order valence-corrected chi connectivity index (χ1v) is 7.76. The van der Waals surface area contributed by atoms with E-state index in [0.717, 1.165) is 30.5 Å². The lowest BCUT2D eigenvalue weighted by Gasteiger charge is -2.17. The summed E-state index contributed by atoms with van der Waals surface area (Å²) < 4.78 is 5.20. The minimum atomic E-state index is -0.200. The van der Waals surface area contributed by atoms with Gasteiger partial charge in [-0.15, -0.1) is 0 Å². The number of furan rings is 1. The third-order valence-corrected chi connectivity index (χ3v) is 4.13. The van der Waals surface area contributed by atoms with Crippen LogP contribution >= 0.6 is 0 Å². The molecule has 0 saturated heterocycles. The zero-order valence-corrected chi connectivity index (χ0v) is 12.5. The highest BCUT2D eigenvalue weighted by Gasteiger charge is 2.28. The van der Waals surface area contributed by atoms with E-state index in [0.29, 0.717) is 24.0 Å². The molecular weight excluding hydrogens is 294 g/mol. The van der Waals surface area contributed by atoms with Gasteiger partial charge >= 0.3 is 6.03 Å². The molecule has 2 heterocycles. The average molecular weight is 311 g/mol. The van der Waals surface area contributed by atoms with Gasteiger partial charge in [-0.25, -0.2) is 4.79 Å². The molecule has 2 aliphatic rings. The van der Waals surface area contributed by atoms with E-state index < -0.39 is 0 Å². The molecule has 118 valence electrons. The van der Waals surface area contributed by atoms with Crippen LogP contribution < -0.4 is 15.5 Å².